The minimum Gasteiger partial charge on any atom is -0.756 e. The van der Waals surface area contributed by atoms with Crippen molar-refractivity contribution >= 4 is 7.82 Å². The number of hydrogen-bond acceptors (Lipinski definition) is 2. The van der Waals surface area contributed by atoms with Crippen LogP contribution in [0.2, 0.25) is 0 Å². The molecule has 0 saturated carbocycles. The second-order valence-electron chi connectivity index (χ2n) is 3.47. The normalized spacial score (nSPS) is 11.9. The average Bonchev–Trinajstić information content (AvgIpc) is 1.84. The number of nitrogens with zero attached hydrogens (tertiary/aromatic N) is 1. The molecule has 0 saturated heterocycles. The summed E-state index contributed by atoms with van der Waals surface area (Å²) in [5.74, 6) is 0. The molecule has 0 radical (unpaired) electrons. The minimum atomic E-state index is -4.89. The summed E-state index contributed by atoms with van der Waals surface area (Å²) >= 11 is 0. The topological polar surface area (TPSA) is 80.6 Å². The maximum Gasteiger partial charge on any atom is 0.262 e. The van der Waals surface area contributed by atoms with E-state index >= 15 is 0 Å². The third-order valence-electron chi connectivity index (χ3n) is 1.68. The van der Waals surface area contributed by atoms with Crippen molar-refractivity contribution in [3.8, 4) is 0 Å². The molecule has 0 amide bonds. The van der Waals surface area contributed by atoms with Crippen molar-refractivity contribution in [2.75, 3.05) is 27.2 Å². The molecule has 13 heavy (non-hydrogen) atoms. The van der Waals surface area contributed by atoms with Gasteiger partial charge in [0.05, 0.1) is 27.2 Å². The molecule has 0 bridgehead atoms. The molecule has 5 nitrogen and oxygen atoms in total. The molecule has 82 valence electrons. The van der Waals surface area contributed by atoms with Crippen LogP contribution in [0.3, 0.4) is 0 Å². The largest absolute Gasteiger partial charge is 0.756 e. The van der Waals surface area contributed by atoms with Crippen LogP contribution in [0.15, 0.2) is 0 Å². The molecule has 0 aromatic heterocycles. The molecule has 0 heterocycles. The monoisotopic (exact) mass is 213 g/mol. The molecule has 0 rings (SSSR count). The quantitative estimate of drug-likeness (QED) is 0.508. The summed E-state index contributed by atoms with van der Waals surface area (Å²) in [6.45, 7) is 7.01. The van der Waals surface area contributed by atoms with Crippen molar-refractivity contribution in [1.29, 1.82) is 0 Å². The molecule has 0 aliphatic rings. The van der Waals surface area contributed by atoms with E-state index in [1.807, 2.05) is 0 Å². The first-order valence-electron chi connectivity index (χ1n) is 4.21. The third-order valence-corrected chi connectivity index (χ3v) is 1.68. The van der Waals surface area contributed by atoms with Crippen LogP contribution in [0, 0.1) is 0 Å². The highest BCUT2D eigenvalue weighted by Gasteiger charge is 2.07. The molecule has 0 aromatic rings. The summed E-state index contributed by atoms with van der Waals surface area (Å²) in [7, 11) is -0.354. The van der Waals surface area contributed by atoms with Crippen LogP contribution in [0.4, 0.5) is 0 Å². The molecule has 0 atom stereocenters. The van der Waals surface area contributed by atoms with E-state index in [9.17, 15) is 0 Å². The van der Waals surface area contributed by atoms with Crippen LogP contribution in [0.5, 0.6) is 0 Å². The SMILES string of the molecule is CCC[N+](C)(C)CC.O=P([O-])(O)O. The summed E-state index contributed by atoms with van der Waals surface area (Å²) in [6, 6.07) is 0. The zero-order valence-corrected chi connectivity index (χ0v) is 9.62. The van der Waals surface area contributed by atoms with E-state index in [0.29, 0.717) is 0 Å². The van der Waals surface area contributed by atoms with Crippen molar-refractivity contribution < 1.29 is 23.7 Å². The molecule has 0 aromatic carbocycles. The lowest BCUT2D eigenvalue weighted by Gasteiger charge is -2.27. The van der Waals surface area contributed by atoms with E-state index in [4.69, 9.17) is 19.2 Å². The minimum absolute atomic E-state index is 1.16. The van der Waals surface area contributed by atoms with Crippen molar-refractivity contribution in [3.63, 3.8) is 0 Å². The van der Waals surface area contributed by atoms with Crippen molar-refractivity contribution in [2.45, 2.75) is 20.3 Å². The zero-order chi connectivity index (χ0) is 11.1. The number of hydrogen-bond donors (Lipinski definition) is 2. The molecular weight excluding hydrogens is 193 g/mol. The first-order chi connectivity index (χ1) is 5.62. The van der Waals surface area contributed by atoms with Crippen LogP contribution >= 0.6 is 7.82 Å². The van der Waals surface area contributed by atoms with Gasteiger partial charge < -0.3 is 19.2 Å². The van der Waals surface area contributed by atoms with E-state index in [-0.39, 0.29) is 0 Å². The zero-order valence-electron chi connectivity index (χ0n) is 8.73. The second-order valence-corrected chi connectivity index (χ2v) is 4.45. The van der Waals surface area contributed by atoms with Gasteiger partial charge in [-0.25, -0.2) is 0 Å². The van der Waals surface area contributed by atoms with Gasteiger partial charge in [0.15, 0.2) is 0 Å². The summed E-state index contributed by atoms with van der Waals surface area (Å²) in [6.07, 6.45) is 1.29. The van der Waals surface area contributed by atoms with Gasteiger partial charge >= 0.3 is 0 Å². The molecule has 0 aliphatic carbocycles. The number of quaternary nitrogens is 1. The lowest BCUT2D eigenvalue weighted by molar-refractivity contribution is -0.888. The van der Waals surface area contributed by atoms with E-state index in [2.05, 4.69) is 27.9 Å². The van der Waals surface area contributed by atoms with Gasteiger partial charge in [0.25, 0.3) is 7.82 Å². The van der Waals surface area contributed by atoms with Crippen LogP contribution < -0.4 is 4.89 Å². The molecular formula is C7H20NO4P. The highest BCUT2D eigenvalue weighted by Crippen LogP contribution is 2.18. The Kier molecular flexibility index (Phi) is 7.78. The maximum absolute atomic E-state index is 8.77. The van der Waals surface area contributed by atoms with E-state index < -0.39 is 7.82 Å². The van der Waals surface area contributed by atoms with E-state index in [0.717, 1.165) is 4.48 Å². The summed E-state index contributed by atoms with van der Waals surface area (Å²) < 4.78 is 9.93. The van der Waals surface area contributed by atoms with Crippen molar-refractivity contribution in [1.82, 2.24) is 0 Å². The Bertz CT molecular complexity index is 158. The predicted molar refractivity (Wildman–Crippen MR) is 49.9 cm³/mol. The summed E-state index contributed by atoms with van der Waals surface area (Å²) in [5, 5.41) is 0. The van der Waals surface area contributed by atoms with Gasteiger partial charge in [0.2, 0.25) is 0 Å². The van der Waals surface area contributed by atoms with E-state index in [1.54, 1.807) is 0 Å². The Hall–Kier alpha value is 0.0700. The molecule has 0 fully saturated rings. The van der Waals surface area contributed by atoms with Crippen LogP contribution in [-0.4, -0.2) is 41.5 Å². The van der Waals surface area contributed by atoms with Crippen LogP contribution in [0.25, 0.3) is 0 Å². The molecule has 0 aliphatic heterocycles. The van der Waals surface area contributed by atoms with Crippen LogP contribution in [-0.2, 0) is 4.57 Å². The van der Waals surface area contributed by atoms with Crippen LogP contribution in [0.1, 0.15) is 20.3 Å². The Balaban J connectivity index is 0. The highest BCUT2D eigenvalue weighted by atomic mass is 31.2. The standard InChI is InChI=1S/C7H18N.H3O4P/c1-5-7-8(3,4)6-2;1-5(2,3)4/h5-7H2,1-4H3;(H3,1,2,3,4)/q+1;/p-1. The Morgan fingerprint density at radius 3 is 1.69 bits per heavy atom. The number of phosphoric acid groups is 1. The predicted octanol–water partition coefficient (Wildman–Crippen LogP) is -0.0679. The Labute approximate surface area is 79.8 Å². The summed E-state index contributed by atoms with van der Waals surface area (Å²) in [5.41, 5.74) is 0. The summed E-state index contributed by atoms with van der Waals surface area (Å²) in [4.78, 5) is 22.9. The van der Waals surface area contributed by atoms with Gasteiger partial charge in [-0.3, -0.25) is 4.57 Å². The molecule has 6 heteroatoms. The number of rotatable bonds is 3. The van der Waals surface area contributed by atoms with Gasteiger partial charge in [-0.05, 0) is 13.3 Å². The Morgan fingerprint density at radius 2 is 1.62 bits per heavy atom. The van der Waals surface area contributed by atoms with Crippen molar-refractivity contribution in [2.24, 2.45) is 0 Å². The molecule has 0 unspecified atom stereocenters. The van der Waals surface area contributed by atoms with Gasteiger partial charge in [-0.1, -0.05) is 6.92 Å². The smallest absolute Gasteiger partial charge is 0.262 e. The fraction of sp³-hybridized carbons (Fsp3) is 1.00. The lowest BCUT2D eigenvalue weighted by atomic mass is 10.4. The van der Waals surface area contributed by atoms with Gasteiger partial charge in [0.1, 0.15) is 0 Å². The fourth-order valence-corrected chi connectivity index (χ4v) is 0.763. The van der Waals surface area contributed by atoms with Gasteiger partial charge in [-0.15, -0.1) is 0 Å². The Morgan fingerprint density at radius 1 is 1.31 bits per heavy atom. The first-order valence-corrected chi connectivity index (χ1v) is 5.74. The van der Waals surface area contributed by atoms with Crippen molar-refractivity contribution in [3.05, 3.63) is 0 Å². The fourth-order valence-electron chi connectivity index (χ4n) is 0.763. The highest BCUT2D eigenvalue weighted by molar-refractivity contribution is 7.43. The third kappa shape index (κ3) is 24.5. The first kappa shape index (κ1) is 15.5. The van der Waals surface area contributed by atoms with Gasteiger partial charge in [0, 0.05) is 0 Å². The van der Waals surface area contributed by atoms with E-state index in [1.165, 1.54) is 19.5 Å². The maximum atomic E-state index is 8.77. The average molecular weight is 213 g/mol. The molecule has 0 spiro atoms. The van der Waals surface area contributed by atoms with Gasteiger partial charge in [-0.2, -0.15) is 0 Å². The molecule has 2 N–H and O–H groups in total. The second kappa shape index (κ2) is 6.51. The lowest BCUT2D eigenvalue weighted by Crippen LogP contribution is -2.39.